The zero-order valence-corrected chi connectivity index (χ0v) is 8.28. The first kappa shape index (κ1) is 10.8. The lowest BCUT2D eigenvalue weighted by atomic mass is 9.63. The molecular formula is C8H13BN3O2. The van der Waals surface area contributed by atoms with Crippen molar-refractivity contribution < 1.29 is 0 Å². The second-order valence-corrected chi connectivity index (χ2v) is 3.84. The van der Waals surface area contributed by atoms with Crippen molar-refractivity contribution in [1.29, 1.82) is 0 Å². The average Bonchev–Trinajstić information content (AvgIpc) is 2.10. The van der Waals surface area contributed by atoms with Crippen LogP contribution in [0.2, 0.25) is 5.31 Å². The first-order valence-corrected chi connectivity index (χ1v) is 4.32. The first-order valence-electron chi connectivity index (χ1n) is 4.32. The van der Waals surface area contributed by atoms with Crippen molar-refractivity contribution >= 4 is 7.41 Å². The summed E-state index contributed by atoms with van der Waals surface area (Å²) in [5.74, 6) is 0. The van der Waals surface area contributed by atoms with Gasteiger partial charge in [0.15, 0.2) is 0 Å². The van der Waals surface area contributed by atoms with Crippen molar-refractivity contribution in [2.75, 3.05) is 6.54 Å². The minimum Gasteiger partial charge on any atom is -0.350 e. The van der Waals surface area contributed by atoms with Crippen LogP contribution in [0.25, 0.3) is 0 Å². The molecular weight excluding hydrogens is 181 g/mol. The molecule has 0 aromatic carbocycles. The normalized spacial score (nSPS) is 11.4. The van der Waals surface area contributed by atoms with Gasteiger partial charge >= 0.3 is 5.69 Å². The third kappa shape index (κ3) is 2.60. The number of nitrogens with one attached hydrogen (secondary N) is 1. The monoisotopic (exact) mass is 194 g/mol. The zero-order valence-electron chi connectivity index (χ0n) is 8.28. The fourth-order valence-electron chi connectivity index (χ4n) is 0.958. The molecule has 0 aliphatic rings. The van der Waals surface area contributed by atoms with E-state index in [2.05, 4.69) is 4.98 Å². The maximum absolute atomic E-state index is 11.3. The van der Waals surface area contributed by atoms with Gasteiger partial charge in [-0.1, -0.05) is 13.8 Å². The number of hydrogen-bond acceptors (Lipinski definition) is 3. The van der Waals surface area contributed by atoms with Crippen LogP contribution in [0.15, 0.2) is 21.9 Å². The first-order chi connectivity index (χ1) is 6.44. The molecule has 0 bridgehead atoms. The molecule has 0 aliphatic carbocycles. The number of nitrogens with two attached hydrogens (primary N) is 1. The van der Waals surface area contributed by atoms with Gasteiger partial charge in [0.1, 0.15) is 0 Å². The van der Waals surface area contributed by atoms with Crippen molar-refractivity contribution in [3.8, 4) is 0 Å². The van der Waals surface area contributed by atoms with E-state index >= 15 is 0 Å². The molecule has 1 radical (unpaired) electrons. The van der Waals surface area contributed by atoms with Crippen molar-refractivity contribution in [2.45, 2.75) is 19.2 Å². The Balaban J connectivity index is 2.99. The highest BCUT2D eigenvalue weighted by atomic mass is 16.2. The Bertz CT molecular complexity index is 421. The fourth-order valence-corrected chi connectivity index (χ4v) is 0.958. The van der Waals surface area contributed by atoms with Crippen LogP contribution in [-0.2, 0) is 0 Å². The molecule has 6 heteroatoms. The molecule has 0 fully saturated rings. The van der Waals surface area contributed by atoms with Crippen LogP contribution in [0.3, 0.4) is 0 Å². The van der Waals surface area contributed by atoms with Gasteiger partial charge in [0.25, 0.3) is 13.0 Å². The number of H-pyrrole nitrogens is 1. The Labute approximate surface area is 82.2 Å². The lowest BCUT2D eigenvalue weighted by Crippen LogP contribution is -2.37. The second kappa shape index (κ2) is 3.83. The van der Waals surface area contributed by atoms with Gasteiger partial charge in [0.05, 0.1) is 0 Å². The standard InChI is InChI=1S/C8H13BN3O2/c1-8(2,5-10)9-12-4-3-6(13)11-7(12)14/h3-4H,5,10H2,1-2H3,(H,11,13,14). The van der Waals surface area contributed by atoms with E-state index in [0.717, 1.165) is 0 Å². The Morgan fingerprint density at radius 1 is 1.57 bits per heavy atom. The molecule has 0 unspecified atom stereocenters. The van der Waals surface area contributed by atoms with Crippen LogP contribution >= 0.6 is 0 Å². The Morgan fingerprint density at radius 2 is 2.21 bits per heavy atom. The highest BCUT2D eigenvalue weighted by molar-refractivity contribution is 6.37. The molecule has 1 aromatic heterocycles. The van der Waals surface area contributed by atoms with E-state index in [-0.39, 0.29) is 5.31 Å². The molecule has 0 spiro atoms. The van der Waals surface area contributed by atoms with E-state index < -0.39 is 11.2 Å². The van der Waals surface area contributed by atoms with Gasteiger partial charge < -0.3 is 10.2 Å². The summed E-state index contributed by atoms with van der Waals surface area (Å²) in [6.07, 6.45) is 1.43. The topological polar surface area (TPSA) is 80.9 Å². The summed E-state index contributed by atoms with van der Waals surface area (Å²) in [4.78, 5) is 24.2. The summed E-state index contributed by atoms with van der Waals surface area (Å²) in [6, 6.07) is 1.30. The lowest BCUT2D eigenvalue weighted by Gasteiger charge is -2.20. The maximum atomic E-state index is 11.3. The number of hydrogen-bond donors (Lipinski definition) is 2. The van der Waals surface area contributed by atoms with Crippen LogP contribution < -0.4 is 17.0 Å². The molecule has 0 aliphatic heterocycles. The molecule has 5 nitrogen and oxygen atoms in total. The van der Waals surface area contributed by atoms with Gasteiger partial charge in [-0.3, -0.25) is 9.78 Å². The summed E-state index contributed by atoms with van der Waals surface area (Å²) in [5.41, 5.74) is 4.67. The highest BCUT2D eigenvalue weighted by Crippen LogP contribution is 2.18. The molecule has 0 saturated carbocycles. The summed E-state index contributed by atoms with van der Waals surface area (Å²) in [5, 5.41) is -0.276. The Morgan fingerprint density at radius 3 is 2.71 bits per heavy atom. The molecule has 1 heterocycles. The van der Waals surface area contributed by atoms with Gasteiger partial charge in [0.2, 0.25) is 0 Å². The third-order valence-electron chi connectivity index (χ3n) is 1.87. The lowest BCUT2D eigenvalue weighted by molar-refractivity contribution is 0.666. The largest absolute Gasteiger partial charge is 0.350 e. The number of rotatable bonds is 3. The highest BCUT2D eigenvalue weighted by Gasteiger charge is 2.19. The number of nitrogens with zero attached hydrogens (tertiary/aromatic N) is 1. The van der Waals surface area contributed by atoms with Crippen LogP contribution in [0.5, 0.6) is 0 Å². The second-order valence-electron chi connectivity index (χ2n) is 3.84. The molecule has 75 valence electrons. The summed E-state index contributed by atoms with van der Waals surface area (Å²) < 4.78 is 1.33. The van der Waals surface area contributed by atoms with Crippen LogP contribution in [0.4, 0.5) is 0 Å². The van der Waals surface area contributed by atoms with Gasteiger partial charge in [-0.25, -0.2) is 4.79 Å². The predicted molar refractivity (Wildman–Crippen MR) is 55.6 cm³/mol. The average molecular weight is 194 g/mol. The molecule has 3 N–H and O–H groups in total. The summed E-state index contributed by atoms with van der Waals surface area (Å²) >= 11 is 0. The fraction of sp³-hybridized carbons (Fsp3) is 0.500. The van der Waals surface area contributed by atoms with Gasteiger partial charge in [0, 0.05) is 12.3 Å². The van der Waals surface area contributed by atoms with E-state index in [1.165, 1.54) is 16.7 Å². The quantitative estimate of drug-likeness (QED) is 0.615. The van der Waals surface area contributed by atoms with Gasteiger partial charge in [-0.05, 0) is 11.9 Å². The van der Waals surface area contributed by atoms with E-state index in [4.69, 9.17) is 5.73 Å². The predicted octanol–water partition coefficient (Wildman–Crippen LogP) is -0.839. The van der Waals surface area contributed by atoms with Crippen LogP contribution in [0.1, 0.15) is 13.8 Å². The Kier molecular flexibility index (Phi) is 2.95. The minimum absolute atomic E-state index is 0.276. The van der Waals surface area contributed by atoms with Crippen LogP contribution in [0, 0.1) is 0 Å². The molecule has 1 aromatic rings. The molecule has 1 rings (SSSR count). The van der Waals surface area contributed by atoms with E-state index in [9.17, 15) is 9.59 Å². The molecule has 0 saturated heterocycles. The summed E-state index contributed by atoms with van der Waals surface area (Å²) in [6.45, 7) is 4.24. The molecule has 14 heavy (non-hydrogen) atoms. The van der Waals surface area contributed by atoms with Gasteiger partial charge in [-0.2, -0.15) is 0 Å². The van der Waals surface area contributed by atoms with Crippen molar-refractivity contribution in [3.63, 3.8) is 0 Å². The van der Waals surface area contributed by atoms with E-state index in [1.54, 1.807) is 7.41 Å². The maximum Gasteiger partial charge on any atom is 0.315 e. The number of aromatic amines is 1. The molecule has 0 amide bonds. The van der Waals surface area contributed by atoms with Crippen molar-refractivity contribution in [1.82, 2.24) is 9.46 Å². The smallest absolute Gasteiger partial charge is 0.315 e. The Hall–Kier alpha value is -1.30. The van der Waals surface area contributed by atoms with Crippen molar-refractivity contribution in [3.05, 3.63) is 33.1 Å². The number of aromatic nitrogens is 2. The minimum atomic E-state index is -0.445. The van der Waals surface area contributed by atoms with E-state index in [1.807, 2.05) is 13.8 Å². The van der Waals surface area contributed by atoms with Gasteiger partial charge in [-0.15, -0.1) is 0 Å². The molecule has 0 atom stereocenters. The SMILES string of the molecule is CC(C)([B]n1ccc(=O)[nH]c1=O)CN. The van der Waals surface area contributed by atoms with Crippen molar-refractivity contribution in [2.24, 2.45) is 5.73 Å². The van der Waals surface area contributed by atoms with Crippen LogP contribution in [-0.4, -0.2) is 23.4 Å². The zero-order chi connectivity index (χ0) is 10.8. The van der Waals surface area contributed by atoms with E-state index in [0.29, 0.717) is 6.54 Å². The third-order valence-corrected chi connectivity index (χ3v) is 1.87. The summed E-state index contributed by atoms with van der Waals surface area (Å²) in [7, 11) is 1.69.